The van der Waals surface area contributed by atoms with E-state index in [1.807, 2.05) is 12.1 Å². The lowest BCUT2D eigenvalue weighted by molar-refractivity contribution is -0.129. The van der Waals surface area contributed by atoms with Crippen LogP contribution in [0, 0.1) is 17.3 Å². The molecule has 21 heavy (non-hydrogen) atoms. The fourth-order valence-electron chi connectivity index (χ4n) is 5.38. The Balaban J connectivity index is 1.70. The number of ketones is 1. The number of carbonyl (C=O) groups excluding carboxylic acids is 1. The fraction of sp³-hybridized carbons (Fsp3) is 0.611. The molecule has 0 heterocycles. The number of Topliss-reactive ketones (excluding diaryl/α,β-unsaturated/α-hetero) is 1. The molecule has 1 aromatic carbocycles. The lowest BCUT2D eigenvalue weighted by Crippen LogP contribution is -2.42. The first kappa shape index (κ1) is 13.8. The van der Waals surface area contributed by atoms with Crippen molar-refractivity contribution in [3.63, 3.8) is 0 Å². The van der Waals surface area contributed by atoms with Crippen molar-refractivity contribution in [2.24, 2.45) is 17.3 Å². The summed E-state index contributed by atoms with van der Waals surface area (Å²) < 4.78 is 12.8. The van der Waals surface area contributed by atoms with Gasteiger partial charge in [0.2, 0.25) is 0 Å². The van der Waals surface area contributed by atoms with Crippen molar-refractivity contribution in [3.05, 3.63) is 29.3 Å². The van der Waals surface area contributed by atoms with Crippen molar-refractivity contribution in [2.75, 3.05) is 0 Å². The molecule has 1 aromatic rings. The van der Waals surface area contributed by atoms with Crippen molar-refractivity contribution in [3.8, 4) is 0 Å². The molecule has 0 spiro atoms. The van der Waals surface area contributed by atoms with Crippen molar-refractivity contribution in [1.82, 2.24) is 0 Å². The SMILES string of the molecule is CC12CCC3c4ccc(SF)cc4CCC3C1CCC2=O. The van der Waals surface area contributed by atoms with Crippen LogP contribution in [0.15, 0.2) is 23.1 Å². The van der Waals surface area contributed by atoms with Gasteiger partial charge in [-0.25, -0.2) is 0 Å². The van der Waals surface area contributed by atoms with Crippen LogP contribution in [0.3, 0.4) is 0 Å². The molecule has 2 saturated carbocycles. The van der Waals surface area contributed by atoms with Crippen LogP contribution in [0.25, 0.3) is 0 Å². The number of fused-ring (bicyclic) bond motifs is 5. The number of hydrogen-bond donors (Lipinski definition) is 0. The van der Waals surface area contributed by atoms with Crippen molar-refractivity contribution in [2.45, 2.75) is 56.3 Å². The lowest BCUT2D eigenvalue weighted by atomic mass is 9.55. The summed E-state index contributed by atoms with van der Waals surface area (Å²) in [5, 5.41) is 0. The van der Waals surface area contributed by atoms with Gasteiger partial charge < -0.3 is 0 Å². The average Bonchev–Trinajstić information content (AvgIpc) is 2.82. The molecule has 4 rings (SSSR count). The Bertz CT molecular complexity index is 599. The number of benzene rings is 1. The van der Waals surface area contributed by atoms with Gasteiger partial charge in [0.15, 0.2) is 0 Å². The first-order valence-corrected chi connectivity index (χ1v) is 8.80. The van der Waals surface area contributed by atoms with Gasteiger partial charge in [0.05, 0.1) is 12.1 Å². The third-order valence-electron chi connectivity index (χ3n) is 6.50. The number of aryl methyl sites for hydroxylation is 1. The van der Waals surface area contributed by atoms with E-state index in [0.717, 1.165) is 37.0 Å². The molecular weight excluding hydrogens is 283 g/mol. The molecular formula is C18H21FOS. The van der Waals surface area contributed by atoms with Crippen LogP contribution in [0.1, 0.15) is 56.1 Å². The summed E-state index contributed by atoms with van der Waals surface area (Å²) in [4.78, 5) is 13.0. The van der Waals surface area contributed by atoms with Crippen LogP contribution in [-0.2, 0) is 11.2 Å². The monoisotopic (exact) mass is 304 g/mol. The zero-order valence-corrected chi connectivity index (χ0v) is 13.2. The first-order valence-electron chi connectivity index (χ1n) is 8.08. The summed E-state index contributed by atoms with van der Waals surface area (Å²) in [6, 6.07) is 6.09. The second kappa shape index (κ2) is 4.84. The Hall–Kier alpha value is -0.830. The van der Waals surface area contributed by atoms with Crippen LogP contribution in [-0.4, -0.2) is 5.78 Å². The third-order valence-corrected chi connectivity index (χ3v) is 6.93. The molecule has 0 radical (unpaired) electrons. The predicted octanol–water partition coefficient (Wildman–Crippen LogP) is 5.09. The number of hydrogen-bond acceptors (Lipinski definition) is 2. The maximum absolute atomic E-state index is 12.8. The van der Waals surface area contributed by atoms with E-state index in [9.17, 15) is 8.68 Å². The van der Waals surface area contributed by atoms with E-state index in [1.54, 1.807) is 0 Å². The highest BCUT2D eigenvalue weighted by atomic mass is 32.2. The molecule has 4 unspecified atom stereocenters. The van der Waals surface area contributed by atoms with Crippen LogP contribution < -0.4 is 0 Å². The van der Waals surface area contributed by atoms with Crippen molar-refractivity contribution in [1.29, 1.82) is 0 Å². The normalized spacial score (nSPS) is 37.8. The van der Waals surface area contributed by atoms with Gasteiger partial charge in [0.1, 0.15) is 5.78 Å². The topological polar surface area (TPSA) is 17.1 Å². The molecule has 2 fully saturated rings. The quantitative estimate of drug-likeness (QED) is 0.719. The minimum atomic E-state index is -0.0482. The maximum Gasteiger partial charge on any atom is 0.139 e. The number of carbonyl (C=O) groups is 1. The predicted molar refractivity (Wildman–Crippen MR) is 83.0 cm³/mol. The number of halogens is 1. The summed E-state index contributed by atoms with van der Waals surface area (Å²) in [7, 11) is 0. The van der Waals surface area contributed by atoms with E-state index in [-0.39, 0.29) is 5.41 Å². The molecule has 4 atom stereocenters. The second-order valence-electron chi connectivity index (χ2n) is 7.27. The minimum Gasteiger partial charge on any atom is -0.299 e. The molecule has 3 aliphatic rings. The Kier molecular flexibility index (Phi) is 3.18. The van der Waals surface area contributed by atoms with Gasteiger partial charge in [-0.2, -0.15) is 3.89 Å². The minimum absolute atomic E-state index is 0.0482. The molecule has 0 amide bonds. The van der Waals surface area contributed by atoms with Crippen LogP contribution in [0.5, 0.6) is 0 Å². The van der Waals surface area contributed by atoms with E-state index < -0.39 is 0 Å². The second-order valence-corrected chi connectivity index (χ2v) is 7.90. The van der Waals surface area contributed by atoms with Crippen LogP contribution in [0.2, 0.25) is 0 Å². The third kappa shape index (κ3) is 1.93. The van der Waals surface area contributed by atoms with E-state index in [0.29, 0.717) is 35.7 Å². The first-order chi connectivity index (χ1) is 10.1. The van der Waals surface area contributed by atoms with Crippen LogP contribution >= 0.6 is 12.1 Å². The Labute approximate surface area is 130 Å². The van der Waals surface area contributed by atoms with Gasteiger partial charge in [-0.3, -0.25) is 4.79 Å². The zero-order chi connectivity index (χ0) is 14.6. The van der Waals surface area contributed by atoms with Gasteiger partial charge in [0, 0.05) is 16.7 Å². The van der Waals surface area contributed by atoms with E-state index >= 15 is 0 Å². The highest BCUT2D eigenvalue weighted by molar-refractivity contribution is 7.94. The molecule has 0 aromatic heterocycles. The molecule has 0 aliphatic heterocycles. The maximum atomic E-state index is 12.8. The smallest absolute Gasteiger partial charge is 0.139 e. The highest BCUT2D eigenvalue weighted by Gasteiger charge is 2.54. The molecule has 3 heteroatoms. The molecule has 0 saturated heterocycles. The Morgan fingerprint density at radius 3 is 2.90 bits per heavy atom. The van der Waals surface area contributed by atoms with Gasteiger partial charge >= 0.3 is 0 Å². The van der Waals surface area contributed by atoms with Gasteiger partial charge in [0.25, 0.3) is 0 Å². The Morgan fingerprint density at radius 2 is 2.10 bits per heavy atom. The van der Waals surface area contributed by atoms with Crippen molar-refractivity contribution < 1.29 is 8.68 Å². The summed E-state index contributed by atoms with van der Waals surface area (Å²) >= 11 is 0.341. The van der Waals surface area contributed by atoms with Gasteiger partial charge in [-0.1, -0.05) is 13.0 Å². The molecule has 0 bridgehead atoms. The zero-order valence-electron chi connectivity index (χ0n) is 12.4. The van der Waals surface area contributed by atoms with E-state index in [1.165, 1.54) is 17.5 Å². The molecule has 112 valence electrons. The van der Waals surface area contributed by atoms with Gasteiger partial charge in [-0.05, 0) is 73.1 Å². The standard InChI is InChI=1S/C18H21FOS/c1-18-9-8-14-13-5-3-12(21-19)10-11(13)2-4-15(14)16(18)6-7-17(18)20/h3,5,10,14-16H,2,4,6-9H2,1H3. The van der Waals surface area contributed by atoms with E-state index in [2.05, 4.69) is 13.0 Å². The molecule has 1 nitrogen and oxygen atoms in total. The van der Waals surface area contributed by atoms with Crippen molar-refractivity contribution >= 4 is 17.9 Å². The summed E-state index contributed by atoms with van der Waals surface area (Å²) in [5.74, 6) is 2.33. The molecule has 3 aliphatic carbocycles. The highest BCUT2D eigenvalue weighted by Crippen LogP contribution is 2.59. The summed E-state index contributed by atoms with van der Waals surface area (Å²) in [6.07, 6.45) is 6.26. The van der Waals surface area contributed by atoms with E-state index in [4.69, 9.17) is 0 Å². The number of rotatable bonds is 1. The Morgan fingerprint density at radius 1 is 1.24 bits per heavy atom. The van der Waals surface area contributed by atoms with Gasteiger partial charge in [-0.15, -0.1) is 0 Å². The fourth-order valence-corrected chi connectivity index (χ4v) is 5.68. The lowest BCUT2D eigenvalue weighted by Gasteiger charge is -2.48. The molecule has 0 N–H and O–H groups in total. The summed E-state index contributed by atoms with van der Waals surface area (Å²) in [5.41, 5.74) is 2.73. The van der Waals surface area contributed by atoms with Crippen LogP contribution in [0.4, 0.5) is 3.89 Å². The summed E-state index contributed by atoms with van der Waals surface area (Å²) in [6.45, 7) is 2.21. The largest absolute Gasteiger partial charge is 0.299 e. The average molecular weight is 304 g/mol.